The van der Waals surface area contributed by atoms with Gasteiger partial charge in [0.1, 0.15) is 5.52 Å². The summed E-state index contributed by atoms with van der Waals surface area (Å²) in [6, 6.07) is 8.66. The molecule has 1 aromatic carbocycles. The highest BCUT2D eigenvalue weighted by Crippen LogP contribution is 2.53. The lowest BCUT2D eigenvalue weighted by molar-refractivity contribution is 0.395. The van der Waals surface area contributed by atoms with Crippen molar-refractivity contribution in [2.45, 2.75) is 25.7 Å². The van der Waals surface area contributed by atoms with E-state index in [4.69, 9.17) is 0 Å². The second-order valence-electron chi connectivity index (χ2n) is 8.29. The summed E-state index contributed by atoms with van der Waals surface area (Å²) in [5.74, 6) is 0. The summed E-state index contributed by atoms with van der Waals surface area (Å²) in [4.78, 5) is 18.2. The van der Waals surface area contributed by atoms with Crippen LogP contribution < -0.4 is 15.2 Å². The minimum absolute atomic E-state index is 0.0126. The zero-order valence-electron chi connectivity index (χ0n) is 16.4. The lowest BCUT2D eigenvalue weighted by Gasteiger charge is -2.36. The summed E-state index contributed by atoms with van der Waals surface area (Å²) >= 11 is 1.60. The van der Waals surface area contributed by atoms with Gasteiger partial charge in [-0.15, -0.1) is 0 Å². The Bertz CT molecular complexity index is 1100. The highest BCUT2D eigenvalue weighted by Gasteiger charge is 2.45. The standard InChI is InChI=1S/C22H26N4OS/c1-25-13-18(16-6-10-23-20(16)21(25)27)17-12-15(24-28-2)4-5-19(17)26-11-3-7-22(14-26)8-9-22/h4-6,10,12-13,23-24H,3,7-9,11,14H2,1-2H3. The molecule has 1 saturated heterocycles. The number of nitrogens with zero attached hydrogens (tertiary/aromatic N) is 2. The Morgan fingerprint density at radius 1 is 1.18 bits per heavy atom. The fourth-order valence-corrected chi connectivity index (χ4v) is 5.05. The smallest absolute Gasteiger partial charge is 0.274 e. The normalized spacial score (nSPS) is 18.0. The number of H-pyrrole nitrogens is 1. The van der Waals surface area contributed by atoms with Gasteiger partial charge in [0.05, 0.1) is 0 Å². The van der Waals surface area contributed by atoms with Crippen molar-refractivity contribution in [2.24, 2.45) is 12.5 Å². The van der Waals surface area contributed by atoms with Gasteiger partial charge < -0.3 is 19.2 Å². The van der Waals surface area contributed by atoms with Crippen molar-refractivity contribution in [2.75, 3.05) is 29.0 Å². The Morgan fingerprint density at radius 3 is 2.82 bits per heavy atom. The molecule has 0 unspecified atom stereocenters. The predicted molar refractivity (Wildman–Crippen MR) is 119 cm³/mol. The van der Waals surface area contributed by atoms with Crippen LogP contribution in [0.5, 0.6) is 0 Å². The number of piperidine rings is 1. The molecule has 146 valence electrons. The molecule has 1 aliphatic carbocycles. The number of hydrogen-bond donors (Lipinski definition) is 2. The van der Waals surface area contributed by atoms with E-state index in [9.17, 15) is 4.79 Å². The Hall–Kier alpha value is -2.34. The molecule has 6 heteroatoms. The number of fused-ring (bicyclic) bond motifs is 1. The van der Waals surface area contributed by atoms with Gasteiger partial charge >= 0.3 is 0 Å². The minimum Gasteiger partial charge on any atom is -0.370 e. The number of aromatic amines is 1. The third-order valence-electron chi connectivity index (χ3n) is 6.36. The second kappa shape index (κ2) is 6.62. The molecule has 0 atom stereocenters. The Labute approximate surface area is 169 Å². The van der Waals surface area contributed by atoms with Gasteiger partial charge in [-0.3, -0.25) is 4.79 Å². The van der Waals surface area contributed by atoms with E-state index in [2.05, 4.69) is 32.8 Å². The molecular formula is C22H26N4OS. The van der Waals surface area contributed by atoms with Gasteiger partial charge in [-0.2, -0.15) is 0 Å². The monoisotopic (exact) mass is 394 g/mol. The fourth-order valence-electron chi connectivity index (χ4n) is 4.69. The molecule has 2 fully saturated rings. The second-order valence-corrected chi connectivity index (χ2v) is 8.90. The predicted octanol–water partition coefficient (Wildman–Crippen LogP) is 4.60. The van der Waals surface area contributed by atoms with Gasteiger partial charge in [0, 0.05) is 66.7 Å². The number of anilines is 2. The van der Waals surface area contributed by atoms with Gasteiger partial charge in [-0.1, -0.05) is 11.9 Å². The van der Waals surface area contributed by atoms with Gasteiger partial charge in [0.2, 0.25) is 0 Å². The number of nitrogens with one attached hydrogen (secondary N) is 2. The molecule has 2 aliphatic rings. The third-order valence-corrected chi connectivity index (χ3v) is 6.80. The fraction of sp³-hybridized carbons (Fsp3) is 0.409. The van der Waals surface area contributed by atoms with Crippen molar-refractivity contribution < 1.29 is 0 Å². The molecule has 2 N–H and O–H groups in total. The first-order valence-corrected chi connectivity index (χ1v) is 11.2. The molecule has 5 rings (SSSR count). The lowest BCUT2D eigenvalue weighted by Crippen LogP contribution is -2.36. The molecule has 1 aliphatic heterocycles. The van der Waals surface area contributed by atoms with Crippen LogP contribution in [0.2, 0.25) is 0 Å². The van der Waals surface area contributed by atoms with Crippen LogP contribution in [0, 0.1) is 5.41 Å². The van der Waals surface area contributed by atoms with Crippen molar-refractivity contribution in [3.63, 3.8) is 0 Å². The highest BCUT2D eigenvalue weighted by atomic mass is 32.2. The Kier molecular flexibility index (Phi) is 4.19. The molecule has 28 heavy (non-hydrogen) atoms. The zero-order chi connectivity index (χ0) is 19.3. The van der Waals surface area contributed by atoms with Crippen LogP contribution in [0.25, 0.3) is 22.0 Å². The van der Waals surface area contributed by atoms with Crippen LogP contribution in [0.1, 0.15) is 25.7 Å². The van der Waals surface area contributed by atoms with E-state index < -0.39 is 0 Å². The first kappa shape index (κ1) is 17.7. The van der Waals surface area contributed by atoms with Crippen LogP contribution in [0.15, 0.2) is 41.5 Å². The number of pyridine rings is 1. The zero-order valence-corrected chi connectivity index (χ0v) is 17.2. The third kappa shape index (κ3) is 2.91. The topological polar surface area (TPSA) is 53.1 Å². The number of aromatic nitrogens is 2. The molecule has 5 nitrogen and oxygen atoms in total. The summed E-state index contributed by atoms with van der Waals surface area (Å²) in [6.45, 7) is 2.25. The molecular weight excluding hydrogens is 368 g/mol. The van der Waals surface area contributed by atoms with Gasteiger partial charge in [0.25, 0.3) is 5.56 Å². The lowest BCUT2D eigenvalue weighted by atomic mass is 9.93. The van der Waals surface area contributed by atoms with Crippen LogP contribution >= 0.6 is 11.9 Å². The first-order chi connectivity index (χ1) is 13.6. The summed E-state index contributed by atoms with van der Waals surface area (Å²) in [7, 11) is 1.83. The van der Waals surface area contributed by atoms with Crippen molar-refractivity contribution in [1.82, 2.24) is 9.55 Å². The average Bonchev–Trinajstić information content (AvgIpc) is 3.25. The molecule has 1 spiro atoms. The molecule has 1 saturated carbocycles. The minimum atomic E-state index is 0.0126. The number of rotatable bonds is 4. The van der Waals surface area contributed by atoms with E-state index in [-0.39, 0.29) is 5.56 Å². The maximum Gasteiger partial charge on any atom is 0.274 e. The van der Waals surface area contributed by atoms with Crippen molar-refractivity contribution in [1.29, 1.82) is 0 Å². The Balaban J connectivity index is 1.69. The van der Waals surface area contributed by atoms with Crippen molar-refractivity contribution >= 4 is 34.2 Å². The first-order valence-electron chi connectivity index (χ1n) is 9.95. The number of aryl methyl sites for hydroxylation is 1. The summed E-state index contributed by atoms with van der Waals surface area (Å²) < 4.78 is 5.05. The van der Waals surface area contributed by atoms with Gasteiger partial charge in [-0.05, 0) is 55.4 Å². The van der Waals surface area contributed by atoms with Gasteiger partial charge in [-0.25, -0.2) is 0 Å². The van der Waals surface area contributed by atoms with Crippen LogP contribution in [0.3, 0.4) is 0 Å². The van der Waals surface area contributed by atoms with E-state index in [1.807, 2.05) is 31.8 Å². The van der Waals surface area contributed by atoms with E-state index in [1.165, 1.54) is 36.9 Å². The van der Waals surface area contributed by atoms with E-state index in [0.717, 1.165) is 29.7 Å². The highest BCUT2D eigenvalue weighted by molar-refractivity contribution is 7.99. The van der Waals surface area contributed by atoms with Crippen molar-refractivity contribution in [3.8, 4) is 11.1 Å². The summed E-state index contributed by atoms with van der Waals surface area (Å²) in [5, 5.41) is 0.990. The molecule has 0 radical (unpaired) electrons. The van der Waals surface area contributed by atoms with Crippen LogP contribution in [-0.2, 0) is 7.05 Å². The van der Waals surface area contributed by atoms with E-state index >= 15 is 0 Å². The SMILES string of the molecule is CSNc1ccc(N2CCCC3(CC3)C2)c(-c2cn(C)c(=O)c3[nH]ccc23)c1. The van der Waals surface area contributed by atoms with Crippen LogP contribution in [0.4, 0.5) is 11.4 Å². The number of benzene rings is 1. The maximum absolute atomic E-state index is 12.5. The van der Waals surface area contributed by atoms with E-state index in [0.29, 0.717) is 10.9 Å². The molecule has 3 aromatic rings. The quantitative estimate of drug-likeness (QED) is 0.635. The Morgan fingerprint density at radius 2 is 2.04 bits per heavy atom. The maximum atomic E-state index is 12.5. The summed E-state index contributed by atoms with van der Waals surface area (Å²) in [5.41, 5.74) is 5.90. The molecule has 2 aromatic heterocycles. The molecule has 0 bridgehead atoms. The summed E-state index contributed by atoms with van der Waals surface area (Å²) in [6.07, 6.45) is 11.2. The van der Waals surface area contributed by atoms with Crippen molar-refractivity contribution in [3.05, 3.63) is 47.0 Å². The van der Waals surface area contributed by atoms with Gasteiger partial charge in [0.15, 0.2) is 0 Å². The molecule has 0 amide bonds. The van der Waals surface area contributed by atoms with Crippen LogP contribution in [-0.4, -0.2) is 28.9 Å². The number of hydrogen-bond acceptors (Lipinski definition) is 4. The molecule has 3 heterocycles. The van der Waals surface area contributed by atoms with E-state index in [1.54, 1.807) is 16.5 Å². The largest absolute Gasteiger partial charge is 0.370 e. The average molecular weight is 395 g/mol.